The Morgan fingerprint density at radius 1 is 1.58 bits per heavy atom. The minimum Gasteiger partial charge on any atom is -0.330 e. The molecule has 3 N–H and O–H groups in total. The SMILES string of the molecule is NCCC1=CC=CC2NN=CC12. The van der Waals surface area contributed by atoms with E-state index in [0.29, 0.717) is 12.0 Å². The van der Waals surface area contributed by atoms with Gasteiger partial charge in [-0.15, -0.1) is 0 Å². The second-order valence-corrected chi connectivity index (χ2v) is 3.12. The van der Waals surface area contributed by atoms with Crippen LogP contribution >= 0.6 is 0 Å². The number of nitrogens with zero attached hydrogens (tertiary/aromatic N) is 1. The first-order valence-electron chi connectivity index (χ1n) is 4.28. The van der Waals surface area contributed by atoms with Crippen molar-refractivity contribution in [3.8, 4) is 0 Å². The minimum absolute atomic E-state index is 0.372. The summed E-state index contributed by atoms with van der Waals surface area (Å²) in [6.45, 7) is 0.719. The van der Waals surface area contributed by atoms with E-state index in [2.05, 4.69) is 28.8 Å². The van der Waals surface area contributed by atoms with E-state index in [4.69, 9.17) is 5.73 Å². The van der Waals surface area contributed by atoms with Gasteiger partial charge in [0.25, 0.3) is 0 Å². The summed E-state index contributed by atoms with van der Waals surface area (Å²) in [5.41, 5.74) is 9.95. The van der Waals surface area contributed by atoms with Crippen molar-refractivity contribution in [1.29, 1.82) is 0 Å². The molecule has 1 aliphatic carbocycles. The van der Waals surface area contributed by atoms with Crippen LogP contribution in [-0.4, -0.2) is 18.8 Å². The van der Waals surface area contributed by atoms with Gasteiger partial charge in [-0.1, -0.05) is 23.8 Å². The Labute approximate surface area is 72.0 Å². The molecule has 0 saturated carbocycles. The Kier molecular flexibility index (Phi) is 1.96. The summed E-state index contributed by atoms with van der Waals surface area (Å²) >= 11 is 0. The van der Waals surface area contributed by atoms with E-state index in [-0.39, 0.29) is 0 Å². The number of hydrogen-bond donors (Lipinski definition) is 2. The summed E-state index contributed by atoms with van der Waals surface area (Å²) in [5.74, 6) is 0.443. The maximum absolute atomic E-state index is 5.51. The summed E-state index contributed by atoms with van der Waals surface area (Å²) in [4.78, 5) is 0. The van der Waals surface area contributed by atoms with E-state index < -0.39 is 0 Å². The summed E-state index contributed by atoms with van der Waals surface area (Å²) < 4.78 is 0. The highest BCUT2D eigenvalue weighted by Gasteiger charge is 2.26. The molecule has 0 bridgehead atoms. The smallest absolute Gasteiger partial charge is 0.0739 e. The van der Waals surface area contributed by atoms with Crippen LogP contribution in [0, 0.1) is 5.92 Å². The molecule has 0 aromatic carbocycles. The quantitative estimate of drug-likeness (QED) is 0.619. The molecule has 0 saturated heterocycles. The van der Waals surface area contributed by atoms with E-state index in [1.807, 2.05) is 6.21 Å². The van der Waals surface area contributed by atoms with Gasteiger partial charge >= 0.3 is 0 Å². The Balaban J connectivity index is 2.15. The van der Waals surface area contributed by atoms with E-state index in [1.54, 1.807) is 0 Å². The molecule has 0 aromatic rings. The zero-order valence-electron chi connectivity index (χ0n) is 6.90. The molecular formula is C9H13N3. The normalized spacial score (nSPS) is 31.2. The average molecular weight is 163 g/mol. The number of fused-ring (bicyclic) bond motifs is 1. The maximum atomic E-state index is 5.51. The number of rotatable bonds is 2. The fraction of sp³-hybridized carbons (Fsp3) is 0.444. The predicted octanol–water partition coefficient (Wildman–Crippen LogP) is 0.405. The highest BCUT2D eigenvalue weighted by molar-refractivity contribution is 5.69. The van der Waals surface area contributed by atoms with Gasteiger partial charge in [0.05, 0.1) is 6.04 Å². The van der Waals surface area contributed by atoms with Crippen molar-refractivity contribution in [2.75, 3.05) is 6.54 Å². The molecule has 12 heavy (non-hydrogen) atoms. The monoisotopic (exact) mass is 163 g/mol. The van der Waals surface area contributed by atoms with E-state index in [1.165, 1.54) is 5.57 Å². The lowest BCUT2D eigenvalue weighted by Gasteiger charge is -2.20. The third-order valence-corrected chi connectivity index (χ3v) is 2.34. The Morgan fingerprint density at radius 2 is 2.50 bits per heavy atom. The summed E-state index contributed by atoms with van der Waals surface area (Å²) in [7, 11) is 0. The number of nitrogens with two attached hydrogens (primary N) is 1. The van der Waals surface area contributed by atoms with Gasteiger partial charge < -0.3 is 11.2 Å². The molecule has 0 radical (unpaired) electrons. The number of nitrogens with one attached hydrogen (secondary N) is 1. The van der Waals surface area contributed by atoms with Crippen molar-refractivity contribution in [1.82, 2.24) is 5.43 Å². The first-order chi connectivity index (χ1) is 5.92. The Hall–Kier alpha value is -1.09. The molecule has 3 nitrogen and oxygen atoms in total. The van der Waals surface area contributed by atoms with Crippen LogP contribution in [0.5, 0.6) is 0 Å². The molecule has 2 rings (SSSR count). The van der Waals surface area contributed by atoms with Gasteiger partial charge in [-0.2, -0.15) is 5.10 Å². The molecule has 1 heterocycles. The minimum atomic E-state index is 0.372. The zero-order valence-corrected chi connectivity index (χ0v) is 6.90. The van der Waals surface area contributed by atoms with Gasteiger partial charge in [0, 0.05) is 12.1 Å². The standard InChI is InChI=1S/C9H13N3/c10-5-4-7-2-1-3-9-8(7)6-11-12-9/h1-3,6,8-9,12H,4-5,10H2. The fourth-order valence-electron chi connectivity index (χ4n) is 1.70. The largest absolute Gasteiger partial charge is 0.330 e. The maximum Gasteiger partial charge on any atom is 0.0739 e. The van der Waals surface area contributed by atoms with E-state index >= 15 is 0 Å². The van der Waals surface area contributed by atoms with Gasteiger partial charge in [-0.25, -0.2) is 0 Å². The third kappa shape index (κ3) is 1.16. The summed E-state index contributed by atoms with van der Waals surface area (Å²) in [6, 6.07) is 0.372. The van der Waals surface area contributed by atoms with Crippen LogP contribution in [0.4, 0.5) is 0 Å². The van der Waals surface area contributed by atoms with Crippen molar-refractivity contribution in [3.05, 3.63) is 23.8 Å². The second kappa shape index (κ2) is 3.11. The zero-order chi connectivity index (χ0) is 8.39. The van der Waals surface area contributed by atoms with Crippen LogP contribution in [0.3, 0.4) is 0 Å². The van der Waals surface area contributed by atoms with E-state index in [0.717, 1.165) is 13.0 Å². The molecule has 0 spiro atoms. The van der Waals surface area contributed by atoms with Gasteiger partial charge in [0.2, 0.25) is 0 Å². The average Bonchev–Trinajstić information content (AvgIpc) is 2.53. The molecule has 1 aliphatic heterocycles. The molecule has 2 aliphatic rings. The lowest BCUT2D eigenvalue weighted by atomic mass is 9.87. The molecule has 0 fully saturated rings. The fourth-order valence-corrected chi connectivity index (χ4v) is 1.70. The molecule has 3 heteroatoms. The second-order valence-electron chi connectivity index (χ2n) is 3.12. The van der Waals surface area contributed by atoms with E-state index in [9.17, 15) is 0 Å². The number of hydrazone groups is 1. The van der Waals surface area contributed by atoms with Crippen molar-refractivity contribution in [2.24, 2.45) is 16.8 Å². The molecule has 0 aromatic heterocycles. The van der Waals surface area contributed by atoms with Crippen molar-refractivity contribution in [3.63, 3.8) is 0 Å². The molecular weight excluding hydrogens is 150 g/mol. The summed E-state index contributed by atoms with van der Waals surface area (Å²) in [6.07, 6.45) is 9.30. The lowest BCUT2D eigenvalue weighted by molar-refractivity contribution is 0.589. The number of hydrogen-bond acceptors (Lipinski definition) is 3. The van der Waals surface area contributed by atoms with Crippen LogP contribution in [0.15, 0.2) is 28.9 Å². The van der Waals surface area contributed by atoms with Gasteiger partial charge in [0.1, 0.15) is 0 Å². The summed E-state index contributed by atoms with van der Waals surface area (Å²) in [5, 5.41) is 4.05. The van der Waals surface area contributed by atoms with Crippen LogP contribution in [0.2, 0.25) is 0 Å². The predicted molar refractivity (Wildman–Crippen MR) is 49.8 cm³/mol. The lowest BCUT2D eigenvalue weighted by Crippen LogP contribution is -2.28. The molecule has 0 amide bonds. The van der Waals surface area contributed by atoms with Crippen molar-refractivity contribution in [2.45, 2.75) is 12.5 Å². The third-order valence-electron chi connectivity index (χ3n) is 2.34. The van der Waals surface area contributed by atoms with Gasteiger partial charge in [0.15, 0.2) is 0 Å². The molecule has 64 valence electrons. The number of allylic oxidation sites excluding steroid dienone is 2. The molecule has 2 atom stereocenters. The van der Waals surface area contributed by atoms with Crippen LogP contribution in [0.1, 0.15) is 6.42 Å². The first kappa shape index (κ1) is 7.55. The first-order valence-corrected chi connectivity index (χ1v) is 4.28. The van der Waals surface area contributed by atoms with Crippen LogP contribution in [-0.2, 0) is 0 Å². The van der Waals surface area contributed by atoms with Crippen molar-refractivity contribution < 1.29 is 0 Å². The highest BCUT2D eigenvalue weighted by atomic mass is 15.3. The van der Waals surface area contributed by atoms with Crippen molar-refractivity contribution >= 4 is 6.21 Å². The topological polar surface area (TPSA) is 50.4 Å². The van der Waals surface area contributed by atoms with Crippen LogP contribution < -0.4 is 11.2 Å². The van der Waals surface area contributed by atoms with Gasteiger partial charge in [-0.05, 0) is 13.0 Å². The van der Waals surface area contributed by atoms with Crippen LogP contribution in [0.25, 0.3) is 0 Å². The Morgan fingerprint density at radius 3 is 3.33 bits per heavy atom. The highest BCUT2D eigenvalue weighted by Crippen LogP contribution is 2.24. The van der Waals surface area contributed by atoms with Gasteiger partial charge in [-0.3, -0.25) is 0 Å². The molecule has 2 unspecified atom stereocenters. The Bertz CT molecular complexity index is 252.